The van der Waals surface area contributed by atoms with Crippen LogP contribution in [0.3, 0.4) is 0 Å². The molecule has 1 aliphatic rings. The topological polar surface area (TPSA) is 9.72 Å². The molecule has 1 unspecified atom stereocenters. The number of rotatable bonds is 48. The molecule has 3 heteroatoms. The SMILES string of the molecule is CCCCCC=CCC=CCCCCCCCCN(CCCCCCCCC=CCC=CCCCCC)C1CN(CCC)CCN1CCCCCCCCC=CCC=CCCCCC. The van der Waals surface area contributed by atoms with Gasteiger partial charge >= 0.3 is 0 Å². The zero-order valence-electron chi connectivity index (χ0n) is 44.0. The zero-order valence-corrected chi connectivity index (χ0v) is 44.0. The normalized spacial score (nSPS) is 15.8. The summed E-state index contributed by atoms with van der Waals surface area (Å²) < 4.78 is 0. The molecule has 1 aliphatic heterocycles. The summed E-state index contributed by atoms with van der Waals surface area (Å²) in [6.45, 7) is 18.1. The average Bonchev–Trinajstić information content (AvgIpc) is 3.30. The first-order chi connectivity index (χ1) is 31.8. The minimum Gasteiger partial charge on any atom is -0.299 e. The largest absolute Gasteiger partial charge is 0.299 e. The van der Waals surface area contributed by atoms with Crippen LogP contribution in [0.25, 0.3) is 0 Å². The number of allylic oxidation sites excluding steroid dienone is 12. The van der Waals surface area contributed by atoms with Crippen LogP contribution >= 0.6 is 0 Å². The number of nitrogens with zero attached hydrogens (tertiary/aromatic N) is 3. The first kappa shape index (κ1) is 60.3. The Bertz CT molecular complexity index is 1050. The Kier molecular flexibility index (Phi) is 47.8. The fourth-order valence-corrected chi connectivity index (χ4v) is 9.30. The van der Waals surface area contributed by atoms with Crippen molar-refractivity contribution in [3.8, 4) is 0 Å². The van der Waals surface area contributed by atoms with Gasteiger partial charge in [0.2, 0.25) is 0 Å². The molecule has 1 saturated heterocycles. The van der Waals surface area contributed by atoms with Crippen LogP contribution in [0.15, 0.2) is 72.9 Å². The van der Waals surface area contributed by atoms with Gasteiger partial charge in [-0.2, -0.15) is 0 Å². The Hall–Kier alpha value is -1.68. The van der Waals surface area contributed by atoms with Crippen molar-refractivity contribution in [1.82, 2.24) is 14.7 Å². The predicted molar refractivity (Wildman–Crippen MR) is 292 cm³/mol. The van der Waals surface area contributed by atoms with Crippen molar-refractivity contribution >= 4 is 0 Å². The van der Waals surface area contributed by atoms with Crippen LogP contribution in [-0.2, 0) is 0 Å². The van der Waals surface area contributed by atoms with Gasteiger partial charge < -0.3 is 0 Å². The Labute approximate surface area is 403 Å². The van der Waals surface area contributed by atoms with Crippen molar-refractivity contribution in [2.24, 2.45) is 0 Å². The van der Waals surface area contributed by atoms with E-state index in [0.29, 0.717) is 6.17 Å². The van der Waals surface area contributed by atoms with E-state index >= 15 is 0 Å². The third-order valence-electron chi connectivity index (χ3n) is 13.4. The van der Waals surface area contributed by atoms with E-state index in [1.807, 2.05) is 0 Å². The third kappa shape index (κ3) is 40.6. The summed E-state index contributed by atoms with van der Waals surface area (Å²) in [5.41, 5.74) is 0. The molecule has 1 rings (SSSR count). The van der Waals surface area contributed by atoms with E-state index in [1.165, 1.54) is 264 Å². The summed E-state index contributed by atoms with van der Waals surface area (Å²) in [4.78, 5) is 8.70. The molecule has 0 amide bonds. The van der Waals surface area contributed by atoms with Crippen LogP contribution in [0.1, 0.15) is 265 Å². The van der Waals surface area contributed by atoms with Crippen LogP contribution in [0.5, 0.6) is 0 Å². The standard InChI is InChI=1S/C61H113N3/c1-5-9-12-15-18-21-24-27-30-33-36-39-42-45-48-51-55-63(56-52-49-46-43-40-37-34-31-28-25-22-19-16-13-10-6-2)61-60-62(54-8-4)58-59-64(61)57-53-50-47-44-41-38-35-32-29-26-23-20-17-14-11-7-3/h18-23,27-32,61H,5-17,24-26,33-60H2,1-4H3. The van der Waals surface area contributed by atoms with Gasteiger partial charge in [0.25, 0.3) is 0 Å². The quantitative estimate of drug-likeness (QED) is 0.0445. The van der Waals surface area contributed by atoms with Crippen LogP contribution in [0.4, 0.5) is 0 Å². The molecule has 3 nitrogen and oxygen atoms in total. The number of piperazine rings is 1. The molecule has 1 heterocycles. The smallest absolute Gasteiger partial charge is 0.0754 e. The molecular weight excluding hydrogens is 775 g/mol. The highest BCUT2D eigenvalue weighted by atomic mass is 15.4. The molecule has 0 spiro atoms. The van der Waals surface area contributed by atoms with Crippen molar-refractivity contribution in [3.63, 3.8) is 0 Å². The minimum absolute atomic E-state index is 0.606. The van der Waals surface area contributed by atoms with Gasteiger partial charge in [0, 0.05) is 19.6 Å². The van der Waals surface area contributed by atoms with Crippen LogP contribution in [0, 0.1) is 0 Å². The highest BCUT2D eigenvalue weighted by Gasteiger charge is 2.30. The molecule has 0 aromatic rings. The molecule has 372 valence electrons. The zero-order chi connectivity index (χ0) is 45.9. The summed E-state index contributed by atoms with van der Waals surface area (Å²) in [6.07, 6.45) is 78.5. The first-order valence-electron chi connectivity index (χ1n) is 28.9. The lowest BCUT2D eigenvalue weighted by Gasteiger charge is -2.47. The molecule has 0 radical (unpaired) electrons. The highest BCUT2D eigenvalue weighted by Crippen LogP contribution is 2.20. The molecule has 0 bridgehead atoms. The van der Waals surface area contributed by atoms with E-state index in [-0.39, 0.29) is 0 Å². The maximum Gasteiger partial charge on any atom is 0.0754 e. The third-order valence-corrected chi connectivity index (χ3v) is 13.4. The summed E-state index contributed by atoms with van der Waals surface area (Å²) in [7, 11) is 0. The molecule has 0 aliphatic carbocycles. The van der Waals surface area contributed by atoms with Crippen molar-refractivity contribution in [2.75, 3.05) is 45.8 Å². The van der Waals surface area contributed by atoms with Gasteiger partial charge in [-0.3, -0.25) is 14.7 Å². The first-order valence-corrected chi connectivity index (χ1v) is 28.9. The molecule has 0 saturated carbocycles. The van der Waals surface area contributed by atoms with Gasteiger partial charge in [-0.25, -0.2) is 0 Å². The van der Waals surface area contributed by atoms with E-state index in [4.69, 9.17) is 0 Å². The number of unbranched alkanes of at least 4 members (excludes halogenated alkanes) is 27. The Balaban J connectivity index is 2.53. The van der Waals surface area contributed by atoms with Gasteiger partial charge in [-0.15, -0.1) is 0 Å². The Morgan fingerprint density at radius 1 is 0.328 bits per heavy atom. The van der Waals surface area contributed by atoms with E-state index in [2.05, 4.69) is 115 Å². The monoisotopic (exact) mass is 888 g/mol. The van der Waals surface area contributed by atoms with Crippen molar-refractivity contribution in [1.29, 1.82) is 0 Å². The molecule has 0 aromatic carbocycles. The highest BCUT2D eigenvalue weighted by molar-refractivity contribution is 4.94. The summed E-state index contributed by atoms with van der Waals surface area (Å²) in [5, 5.41) is 0. The van der Waals surface area contributed by atoms with E-state index in [0.717, 1.165) is 19.3 Å². The van der Waals surface area contributed by atoms with Crippen LogP contribution in [0.2, 0.25) is 0 Å². The fourth-order valence-electron chi connectivity index (χ4n) is 9.30. The molecule has 1 atom stereocenters. The maximum absolute atomic E-state index is 2.98. The molecule has 0 N–H and O–H groups in total. The van der Waals surface area contributed by atoms with Gasteiger partial charge in [0.05, 0.1) is 6.17 Å². The molecule has 0 aromatic heterocycles. The van der Waals surface area contributed by atoms with Crippen molar-refractivity contribution in [3.05, 3.63) is 72.9 Å². The lowest BCUT2D eigenvalue weighted by molar-refractivity contribution is -0.0247. The minimum atomic E-state index is 0.606. The number of hydrogen-bond donors (Lipinski definition) is 0. The summed E-state index contributed by atoms with van der Waals surface area (Å²) in [5.74, 6) is 0. The summed E-state index contributed by atoms with van der Waals surface area (Å²) >= 11 is 0. The van der Waals surface area contributed by atoms with E-state index in [1.54, 1.807) is 0 Å². The van der Waals surface area contributed by atoms with E-state index in [9.17, 15) is 0 Å². The fraction of sp³-hybridized carbons (Fsp3) is 0.803. The van der Waals surface area contributed by atoms with Crippen molar-refractivity contribution in [2.45, 2.75) is 271 Å². The second-order valence-electron chi connectivity index (χ2n) is 19.6. The Morgan fingerprint density at radius 3 is 1.02 bits per heavy atom. The second-order valence-corrected chi connectivity index (χ2v) is 19.6. The lowest BCUT2D eigenvalue weighted by Crippen LogP contribution is -2.60. The Morgan fingerprint density at radius 2 is 0.656 bits per heavy atom. The van der Waals surface area contributed by atoms with Crippen molar-refractivity contribution < 1.29 is 0 Å². The molecular formula is C61H113N3. The summed E-state index contributed by atoms with van der Waals surface area (Å²) in [6, 6.07) is 0. The molecule has 64 heavy (non-hydrogen) atoms. The van der Waals surface area contributed by atoms with Gasteiger partial charge in [0.1, 0.15) is 0 Å². The van der Waals surface area contributed by atoms with Crippen LogP contribution in [-0.4, -0.2) is 66.7 Å². The maximum atomic E-state index is 2.98. The molecule has 1 fully saturated rings. The van der Waals surface area contributed by atoms with E-state index < -0.39 is 0 Å². The predicted octanol–water partition coefficient (Wildman–Crippen LogP) is 19.1. The van der Waals surface area contributed by atoms with Gasteiger partial charge in [0.15, 0.2) is 0 Å². The van der Waals surface area contributed by atoms with Gasteiger partial charge in [-0.1, -0.05) is 216 Å². The number of hydrogen-bond acceptors (Lipinski definition) is 3. The lowest BCUT2D eigenvalue weighted by atomic mass is 10.1. The van der Waals surface area contributed by atoms with Crippen LogP contribution < -0.4 is 0 Å². The second kappa shape index (κ2) is 50.7. The van der Waals surface area contributed by atoms with Gasteiger partial charge in [-0.05, 0) is 148 Å². The average molecular weight is 889 g/mol.